The zero-order valence-electron chi connectivity index (χ0n) is 10.8. The summed E-state index contributed by atoms with van der Waals surface area (Å²) < 4.78 is 0.605. The summed E-state index contributed by atoms with van der Waals surface area (Å²) in [6.45, 7) is 0.747. The lowest BCUT2D eigenvalue weighted by atomic mass is 10.00. The van der Waals surface area contributed by atoms with Crippen molar-refractivity contribution in [3.8, 4) is 0 Å². The molecule has 2 aromatic rings. The second-order valence-electron chi connectivity index (χ2n) is 4.76. The number of piperidine rings is 1. The van der Waals surface area contributed by atoms with E-state index in [-0.39, 0.29) is 12.1 Å². The molecular weight excluding hydrogens is 296 g/mol. The third kappa shape index (κ3) is 2.66. The van der Waals surface area contributed by atoms with Crippen LogP contribution in [0.1, 0.15) is 31.0 Å². The molecule has 0 aliphatic carbocycles. The monoisotopic (exact) mass is 310 g/mol. The summed E-state index contributed by atoms with van der Waals surface area (Å²) in [5.41, 5.74) is 1.66. The normalized spacial score (nSPS) is 19.1. The van der Waals surface area contributed by atoms with Crippen LogP contribution < -0.4 is 5.32 Å². The number of aromatic amines is 1. The van der Waals surface area contributed by atoms with Gasteiger partial charge in [-0.3, -0.25) is 5.10 Å². The summed E-state index contributed by atoms with van der Waals surface area (Å²) in [6, 6.07) is 3.70. The quantitative estimate of drug-likeness (QED) is 0.884. The van der Waals surface area contributed by atoms with Crippen molar-refractivity contribution < 1.29 is 4.79 Å². The van der Waals surface area contributed by atoms with Gasteiger partial charge >= 0.3 is 6.03 Å². The van der Waals surface area contributed by atoms with Gasteiger partial charge in [0, 0.05) is 12.7 Å². The summed E-state index contributed by atoms with van der Waals surface area (Å²) in [5.74, 6) is 0. The van der Waals surface area contributed by atoms with Crippen molar-refractivity contribution in [2.75, 3.05) is 11.9 Å². The molecule has 3 rings (SSSR count). The number of hydrogen-bond donors (Lipinski definition) is 2. The number of anilines is 1. The van der Waals surface area contributed by atoms with Crippen molar-refractivity contribution in [2.24, 2.45) is 0 Å². The van der Waals surface area contributed by atoms with Crippen LogP contribution in [0.2, 0.25) is 4.34 Å². The van der Waals surface area contributed by atoms with E-state index in [0.29, 0.717) is 10.0 Å². The van der Waals surface area contributed by atoms with Crippen LogP contribution in [0.3, 0.4) is 0 Å². The van der Waals surface area contributed by atoms with Crippen molar-refractivity contribution in [3.05, 3.63) is 33.7 Å². The van der Waals surface area contributed by atoms with Gasteiger partial charge in [-0.1, -0.05) is 11.6 Å². The number of aromatic nitrogens is 2. The number of rotatable bonds is 2. The summed E-state index contributed by atoms with van der Waals surface area (Å²) in [4.78, 5) is 14.3. The third-order valence-electron chi connectivity index (χ3n) is 3.50. The second-order valence-corrected chi connectivity index (χ2v) is 6.27. The maximum atomic E-state index is 12.4. The van der Waals surface area contributed by atoms with Crippen LogP contribution in [0.25, 0.3) is 0 Å². The number of nitrogens with one attached hydrogen (secondary N) is 2. The molecule has 0 bridgehead atoms. The highest BCUT2D eigenvalue weighted by Gasteiger charge is 2.29. The van der Waals surface area contributed by atoms with Gasteiger partial charge in [-0.05, 0) is 36.8 Å². The van der Waals surface area contributed by atoms with Crippen molar-refractivity contribution >= 4 is 34.7 Å². The minimum absolute atomic E-state index is 0.0589. The molecule has 1 aliphatic rings. The first-order valence-electron chi connectivity index (χ1n) is 6.55. The van der Waals surface area contributed by atoms with Crippen molar-refractivity contribution in [3.63, 3.8) is 0 Å². The SMILES string of the molecule is O=C(Nc1ccsc1Cl)N1CCCCC1c1ccn[nH]1. The van der Waals surface area contributed by atoms with Crippen LogP contribution in [0.4, 0.5) is 10.5 Å². The summed E-state index contributed by atoms with van der Waals surface area (Å²) in [7, 11) is 0. The highest BCUT2D eigenvalue weighted by molar-refractivity contribution is 7.15. The number of hydrogen-bond acceptors (Lipinski definition) is 3. The first kappa shape index (κ1) is 13.5. The Morgan fingerprint density at radius 1 is 1.50 bits per heavy atom. The fourth-order valence-corrected chi connectivity index (χ4v) is 3.35. The number of amides is 2. The Balaban J connectivity index is 1.76. The van der Waals surface area contributed by atoms with Gasteiger partial charge in [0.15, 0.2) is 0 Å². The zero-order valence-corrected chi connectivity index (χ0v) is 12.4. The molecule has 106 valence electrons. The number of H-pyrrole nitrogens is 1. The van der Waals surface area contributed by atoms with Gasteiger partial charge in [0.1, 0.15) is 4.34 Å². The molecule has 1 atom stereocenters. The Hall–Kier alpha value is -1.53. The van der Waals surface area contributed by atoms with E-state index in [1.807, 2.05) is 22.4 Å². The van der Waals surface area contributed by atoms with Gasteiger partial charge in [-0.25, -0.2) is 4.79 Å². The van der Waals surface area contributed by atoms with Gasteiger partial charge in [-0.15, -0.1) is 11.3 Å². The van der Waals surface area contributed by atoms with Crippen LogP contribution in [0.15, 0.2) is 23.7 Å². The highest BCUT2D eigenvalue weighted by Crippen LogP contribution is 2.32. The number of halogens is 1. The number of likely N-dealkylation sites (tertiary alicyclic amines) is 1. The predicted octanol–water partition coefficient (Wildman–Crippen LogP) is 3.88. The highest BCUT2D eigenvalue weighted by atomic mass is 35.5. The van der Waals surface area contributed by atoms with Crippen LogP contribution in [-0.4, -0.2) is 27.7 Å². The van der Waals surface area contributed by atoms with E-state index < -0.39 is 0 Å². The number of carbonyl (C=O) groups excluding carboxylic acids is 1. The van der Waals surface area contributed by atoms with Crippen molar-refractivity contribution in [1.82, 2.24) is 15.1 Å². The first-order valence-corrected chi connectivity index (χ1v) is 7.81. The Kier molecular flexibility index (Phi) is 3.93. The van der Waals surface area contributed by atoms with E-state index in [1.54, 1.807) is 6.20 Å². The minimum Gasteiger partial charge on any atom is -0.316 e. The lowest BCUT2D eigenvalue weighted by molar-refractivity contribution is 0.161. The van der Waals surface area contributed by atoms with E-state index in [1.165, 1.54) is 11.3 Å². The Morgan fingerprint density at radius 3 is 3.10 bits per heavy atom. The molecule has 7 heteroatoms. The van der Waals surface area contributed by atoms with E-state index in [2.05, 4.69) is 15.5 Å². The smallest absolute Gasteiger partial charge is 0.316 e. The molecule has 2 amide bonds. The minimum atomic E-state index is -0.107. The fraction of sp³-hybridized carbons (Fsp3) is 0.385. The zero-order chi connectivity index (χ0) is 13.9. The molecule has 0 aromatic carbocycles. The molecule has 1 saturated heterocycles. The Morgan fingerprint density at radius 2 is 2.40 bits per heavy atom. The predicted molar refractivity (Wildman–Crippen MR) is 80.2 cm³/mol. The van der Waals surface area contributed by atoms with Gasteiger partial charge < -0.3 is 10.2 Å². The molecule has 0 radical (unpaired) electrons. The second kappa shape index (κ2) is 5.85. The number of urea groups is 1. The largest absolute Gasteiger partial charge is 0.322 e. The first-order chi connectivity index (χ1) is 9.75. The average Bonchev–Trinajstić information content (AvgIpc) is 3.11. The maximum Gasteiger partial charge on any atom is 0.322 e. The molecule has 3 heterocycles. The average molecular weight is 311 g/mol. The van der Waals surface area contributed by atoms with E-state index in [0.717, 1.165) is 31.5 Å². The molecule has 0 saturated carbocycles. The lowest BCUT2D eigenvalue weighted by Gasteiger charge is -2.34. The topological polar surface area (TPSA) is 61.0 Å². The molecule has 20 heavy (non-hydrogen) atoms. The number of carbonyl (C=O) groups is 1. The van der Waals surface area contributed by atoms with Crippen LogP contribution >= 0.6 is 22.9 Å². The van der Waals surface area contributed by atoms with Gasteiger partial charge in [0.05, 0.1) is 17.4 Å². The van der Waals surface area contributed by atoms with Gasteiger partial charge in [-0.2, -0.15) is 5.10 Å². The molecule has 0 spiro atoms. The van der Waals surface area contributed by atoms with Crippen LogP contribution in [0, 0.1) is 0 Å². The van der Waals surface area contributed by atoms with E-state index in [4.69, 9.17) is 11.6 Å². The molecule has 2 N–H and O–H groups in total. The molecule has 5 nitrogen and oxygen atoms in total. The van der Waals surface area contributed by atoms with E-state index in [9.17, 15) is 4.79 Å². The van der Waals surface area contributed by atoms with E-state index >= 15 is 0 Å². The number of thiophene rings is 1. The van der Waals surface area contributed by atoms with Crippen LogP contribution in [0.5, 0.6) is 0 Å². The van der Waals surface area contributed by atoms with Crippen molar-refractivity contribution in [1.29, 1.82) is 0 Å². The van der Waals surface area contributed by atoms with Crippen molar-refractivity contribution in [2.45, 2.75) is 25.3 Å². The maximum absolute atomic E-state index is 12.4. The lowest BCUT2D eigenvalue weighted by Crippen LogP contribution is -2.41. The fourth-order valence-electron chi connectivity index (χ4n) is 2.52. The molecular formula is C13H15ClN4OS. The van der Waals surface area contributed by atoms with Gasteiger partial charge in [0.2, 0.25) is 0 Å². The third-order valence-corrected chi connectivity index (χ3v) is 4.67. The molecule has 1 unspecified atom stereocenters. The van der Waals surface area contributed by atoms with Crippen LogP contribution in [-0.2, 0) is 0 Å². The molecule has 2 aromatic heterocycles. The number of nitrogens with zero attached hydrogens (tertiary/aromatic N) is 2. The Bertz CT molecular complexity index is 583. The standard InChI is InChI=1S/C13H15ClN4OS/c14-12-10(5-8-20-12)16-13(19)18-7-2-1-3-11(18)9-4-6-15-17-9/h4-6,8,11H,1-3,7H2,(H,15,17)(H,16,19). The molecule has 1 fully saturated rings. The summed E-state index contributed by atoms with van der Waals surface area (Å²) >= 11 is 7.44. The summed E-state index contributed by atoms with van der Waals surface area (Å²) in [6.07, 6.45) is 4.81. The molecule has 1 aliphatic heterocycles. The summed E-state index contributed by atoms with van der Waals surface area (Å²) in [5, 5.41) is 11.7. The Labute approximate surface area is 125 Å². The van der Waals surface area contributed by atoms with Gasteiger partial charge in [0.25, 0.3) is 0 Å².